The van der Waals surface area contributed by atoms with Crippen LogP contribution in [0, 0.1) is 20.8 Å². The average Bonchev–Trinajstić information content (AvgIpc) is 1.59. The number of para-hydroxylation sites is 6. The summed E-state index contributed by atoms with van der Waals surface area (Å²) in [6, 6.07) is 191. The third-order valence-corrected chi connectivity index (χ3v) is 29.2. The monoisotopic (exact) mass is 1850 g/mol. The van der Waals surface area contributed by atoms with Crippen LogP contribution in [-0.2, 0) is 16.2 Å². The summed E-state index contributed by atoms with van der Waals surface area (Å²) in [5.41, 5.74) is 47.5. The van der Waals surface area contributed by atoms with Gasteiger partial charge in [0.1, 0.15) is 0 Å². The van der Waals surface area contributed by atoms with Crippen LogP contribution in [0.4, 0.5) is 102 Å². The number of nitrogens with zero attached hydrogens (tertiary/aromatic N) is 6. The van der Waals surface area contributed by atoms with Gasteiger partial charge in [0.15, 0.2) is 0 Å². The van der Waals surface area contributed by atoms with Crippen LogP contribution >= 0.6 is 0 Å². The average molecular weight is 1860 g/mol. The molecule has 3 aliphatic rings. The molecule has 6 nitrogen and oxygen atoms in total. The Balaban J connectivity index is 0.000000145. The van der Waals surface area contributed by atoms with E-state index in [1.165, 1.54) is 118 Å². The molecule has 0 atom stereocenters. The first-order valence-electron chi connectivity index (χ1n) is 50.1. The van der Waals surface area contributed by atoms with E-state index in [0.29, 0.717) is 0 Å². The Hall–Kier alpha value is -17.6. The molecule has 696 valence electrons. The molecule has 0 radical (unpaired) electrons. The second kappa shape index (κ2) is 39.2. The van der Waals surface area contributed by atoms with Crippen molar-refractivity contribution in [3.8, 4) is 66.8 Å². The summed E-state index contributed by atoms with van der Waals surface area (Å²) in [6.07, 6.45) is 0. The van der Waals surface area contributed by atoms with Gasteiger partial charge >= 0.3 is 0 Å². The summed E-state index contributed by atoms with van der Waals surface area (Å²) in [5, 5.41) is 0. The molecule has 3 aliphatic carbocycles. The molecular weight excluding hydrogens is 1740 g/mol. The lowest BCUT2D eigenvalue weighted by Gasteiger charge is -2.29. The second-order valence-corrected chi connectivity index (χ2v) is 39.5. The highest BCUT2D eigenvalue weighted by Crippen LogP contribution is 2.56. The summed E-state index contributed by atoms with van der Waals surface area (Å²) >= 11 is 0. The lowest BCUT2D eigenvalue weighted by atomic mass is 9.82. The molecule has 0 saturated heterocycles. The lowest BCUT2D eigenvalue weighted by Crippen LogP contribution is -2.18. The van der Waals surface area contributed by atoms with E-state index in [0.717, 1.165) is 102 Å². The van der Waals surface area contributed by atoms with E-state index >= 15 is 0 Å². The van der Waals surface area contributed by atoms with Gasteiger partial charge < -0.3 is 29.4 Å². The van der Waals surface area contributed by atoms with Crippen LogP contribution in [0.3, 0.4) is 0 Å². The van der Waals surface area contributed by atoms with E-state index < -0.39 is 0 Å². The number of benzene rings is 21. The van der Waals surface area contributed by atoms with Gasteiger partial charge in [0.25, 0.3) is 0 Å². The Kier molecular flexibility index (Phi) is 24.9. The van der Waals surface area contributed by atoms with Gasteiger partial charge in [-0.2, -0.15) is 0 Å². The van der Waals surface area contributed by atoms with Crippen LogP contribution in [0.5, 0.6) is 0 Å². The van der Waals surface area contributed by atoms with Crippen LogP contribution in [0.1, 0.15) is 91.6 Å². The van der Waals surface area contributed by atoms with Gasteiger partial charge in [0, 0.05) is 119 Å². The van der Waals surface area contributed by atoms with Gasteiger partial charge in [0.2, 0.25) is 0 Å². The smallest absolute Gasteiger partial charge is 0.0465 e. The molecule has 0 fully saturated rings. The maximum absolute atomic E-state index is 2.43. The summed E-state index contributed by atoms with van der Waals surface area (Å²) in [4.78, 5) is 14.0. The van der Waals surface area contributed by atoms with Gasteiger partial charge in [-0.1, -0.05) is 368 Å². The van der Waals surface area contributed by atoms with E-state index in [1.807, 2.05) is 0 Å². The number of aryl methyl sites for hydroxylation is 3. The van der Waals surface area contributed by atoms with Gasteiger partial charge in [-0.05, 0) is 339 Å². The number of hydrogen-bond donors (Lipinski definition) is 0. The summed E-state index contributed by atoms with van der Waals surface area (Å²) in [7, 11) is 0. The van der Waals surface area contributed by atoms with E-state index in [1.54, 1.807) is 0 Å². The van der Waals surface area contributed by atoms with Gasteiger partial charge in [0.05, 0.1) is 0 Å². The molecule has 21 aromatic carbocycles. The van der Waals surface area contributed by atoms with Crippen molar-refractivity contribution in [1.82, 2.24) is 0 Å². The Morgan fingerprint density at radius 3 is 0.438 bits per heavy atom. The Morgan fingerprint density at radius 2 is 0.250 bits per heavy atom. The van der Waals surface area contributed by atoms with Crippen molar-refractivity contribution < 1.29 is 0 Å². The molecule has 0 aliphatic heterocycles. The molecule has 0 aromatic heterocycles. The first-order chi connectivity index (χ1) is 70.4. The molecule has 21 aromatic rings. The fourth-order valence-corrected chi connectivity index (χ4v) is 21.5. The number of rotatable bonds is 21. The lowest BCUT2D eigenvalue weighted by molar-refractivity contribution is 0.660. The van der Waals surface area contributed by atoms with Gasteiger partial charge in [-0.25, -0.2) is 0 Å². The first kappa shape index (κ1) is 91.5. The predicted molar refractivity (Wildman–Crippen MR) is 611 cm³/mol. The van der Waals surface area contributed by atoms with Crippen molar-refractivity contribution in [3.63, 3.8) is 0 Å². The highest BCUT2D eigenvalue weighted by atomic mass is 15.2. The zero-order valence-electron chi connectivity index (χ0n) is 82.9. The van der Waals surface area contributed by atoms with E-state index in [2.05, 4.69) is 619 Å². The third-order valence-electron chi connectivity index (χ3n) is 29.2. The molecule has 0 N–H and O–H groups in total. The van der Waals surface area contributed by atoms with Crippen molar-refractivity contribution in [2.24, 2.45) is 0 Å². The van der Waals surface area contributed by atoms with Gasteiger partial charge in [-0.3, -0.25) is 0 Å². The van der Waals surface area contributed by atoms with Crippen LogP contribution in [0.2, 0.25) is 0 Å². The summed E-state index contributed by atoms with van der Waals surface area (Å²) in [6.45, 7) is 20.5. The van der Waals surface area contributed by atoms with E-state index in [4.69, 9.17) is 0 Å². The first-order valence-corrected chi connectivity index (χ1v) is 50.1. The quantitative estimate of drug-likeness (QED) is 0.0709. The normalized spacial score (nSPS) is 12.6. The molecule has 0 heterocycles. The number of fused-ring (bicyclic) bond motifs is 9. The molecule has 0 bridgehead atoms. The highest BCUT2D eigenvalue weighted by Gasteiger charge is 2.40. The Labute approximate surface area is 849 Å². The Bertz CT molecular complexity index is 7720. The minimum absolute atomic E-state index is 0.00241. The van der Waals surface area contributed by atoms with Crippen LogP contribution in [0.15, 0.2) is 528 Å². The SMILES string of the molecule is Cc1ccc(N(c2ccc3c(c2)C(C)(C)c2ccccc2-3)c2ccc3c(c2)C(C)(C)c2ccccc2-3)cc1.Cc1ccc(N(c2ccccc2)c2ccc(-c3ccc(N(c4ccc(-c5ccc(N(c6ccccc6)c6ccccc6)cc5)cc4)c4ccc(-c5ccc(N(c6ccccc6)c6ccccc6)cc5)cc4)cc3)cc2)cc1.Cc1ccc(N(c2ccccc2)c2ccc3c(c2)C(C)(C)c2ccccc2-3)cc1. The minimum Gasteiger partial charge on any atom is -0.311 e. The standard InChI is InChI=1S/C73H56N4.C37H33N.C28H25N/c1-55-27-41-67(42-28-55)76(66-25-15-6-16-26-66)70-47-33-58(34-48-70)61-39-53-73(54-40-61)77(71-49-35-59(36-50-71)56-29-43-68(44-30-56)74(62-17-7-2-8-18-62)63-19-9-3-10-20-63)72-51-37-60(38-52-72)57-31-45-69(46-32-57)75(64-21-11-4-12-22-64)65-23-13-5-14-24-65;1-24-14-16-25(17-15-24)38(26-18-20-30-28-10-6-8-12-32(28)36(2,3)34(30)22-26)27-19-21-31-29-11-7-9-13-33(29)37(4,5)35(31)23-27;1-20-13-15-22(16-14-20)29(21-9-5-4-6-10-21)23-17-18-25-24-11-7-8-12-26(24)28(2,3)27(25)19-23/h2-54H,1H3;6-23H,1-5H3;4-19H,1-3H3. The zero-order chi connectivity index (χ0) is 98.0. The van der Waals surface area contributed by atoms with E-state index in [-0.39, 0.29) is 16.2 Å². The fourth-order valence-electron chi connectivity index (χ4n) is 21.5. The predicted octanol–water partition coefficient (Wildman–Crippen LogP) is 38.7. The highest BCUT2D eigenvalue weighted by molar-refractivity contribution is 5.92. The van der Waals surface area contributed by atoms with Crippen molar-refractivity contribution in [1.29, 1.82) is 0 Å². The van der Waals surface area contributed by atoms with Crippen LogP contribution in [0.25, 0.3) is 66.8 Å². The molecule has 0 amide bonds. The van der Waals surface area contributed by atoms with Crippen molar-refractivity contribution in [2.45, 2.75) is 78.6 Å². The van der Waals surface area contributed by atoms with Crippen LogP contribution < -0.4 is 29.4 Å². The van der Waals surface area contributed by atoms with Crippen molar-refractivity contribution in [3.05, 3.63) is 578 Å². The van der Waals surface area contributed by atoms with Crippen LogP contribution in [-0.4, -0.2) is 0 Å². The third kappa shape index (κ3) is 18.0. The molecular formula is C138H114N6. The largest absolute Gasteiger partial charge is 0.311 e. The molecule has 0 saturated carbocycles. The van der Waals surface area contributed by atoms with Crippen molar-refractivity contribution in [2.75, 3.05) is 29.4 Å². The summed E-state index contributed by atoms with van der Waals surface area (Å²) in [5.74, 6) is 0. The van der Waals surface area contributed by atoms with Gasteiger partial charge in [-0.15, -0.1) is 0 Å². The molecule has 24 rings (SSSR count). The second-order valence-electron chi connectivity index (χ2n) is 39.5. The maximum Gasteiger partial charge on any atom is 0.0465 e. The Morgan fingerprint density at radius 1 is 0.118 bits per heavy atom. The maximum atomic E-state index is 2.43. The number of anilines is 18. The molecule has 0 spiro atoms. The number of hydrogen-bond acceptors (Lipinski definition) is 6. The molecule has 6 heteroatoms. The summed E-state index contributed by atoms with van der Waals surface area (Å²) < 4.78 is 0. The van der Waals surface area contributed by atoms with E-state index in [9.17, 15) is 0 Å². The topological polar surface area (TPSA) is 19.4 Å². The molecule has 144 heavy (non-hydrogen) atoms. The fraction of sp³-hybridized carbons (Fsp3) is 0.0870. The zero-order valence-corrected chi connectivity index (χ0v) is 82.9. The minimum atomic E-state index is -0.0392. The molecule has 0 unspecified atom stereocenters. The van der Waals surface area contributed by atoms with Crippen molar-refractivity contribution >= 4 is 102 Å².